The first-order chi connectivity index (χ1) is 12.8. The van der Waals surface area contributed by atoms with Crippen LogP contribution in [-0.4, -0.2) is 47.5 Å². The van der Waals surface area contributed by atoms with Crippen LogP contribution in [0.4, 0.5) is 0 Å². The zero-order valence-corrected chi connectivity index (χ0v) is 15.0. The first-order valence-electron chi connectivity index (χ1n) is 9.16. The lowest BCUT2D eigenvalue weighted by Gasteiger charge is -2.26. The average Bonchev–Trinajstić information content (AvgIpc) is 2.72. The summed E-state index contributed by atoms with van der Waals surface area (Å²) in [7, 11) is 1.62. The molecule has 26 heavy (non-hydrogen) atoms. The fraction of sp³-hybridized carbons (Fsp3) is 0.474. The van der Waals surface area contributed by atoms with Crippen molar-refractivity contribution in [1.82, 2.24) is 25.6 Å². The van der Waals surface area contributed by atoms with Crippen LogP contribution in [0.15, 0.2) is 35.7 Å². The van der Waals surface area contributed by atoms with Crippen molar-refractivity contribution >= 4 is 5.84 Å². The van der Waals surface area contributed by atoms with Crippen LogP contribution >= 0.6 is 0 Å². The first kappa shape index (κ1) is 16.9. The van der Waals surface area contributed by atoms with Gasteiger partial charge in [-0.3, -0.25) is 9.98 Å². The Morgan fingerprint density at radius 1 is 1.23 bits per heavy atom. The van der Waals surface area contributed by atoms with Gasteiger partial charge in [0.15, 0.2) is 0 Å². The molecule has 0 amide bonds. The monoisotopic (exact) mass is 352 g/mol. The molecule has 4 rings (SSSR count). The minimum Gasteiger partial charge on any atom is -0.481 e. The Kier molecular flexibility index (Phi) is 5.06. The molecule has 7 nitrogen and oxygen atoms in total. The van der Waals surface area contributed by atoms with Crippen LogP contribution in [0.25, 0.3) is 0 Å². The summed E-state index contributed by atoms with van der Waals surface area (Å²) in [5, 5.41) is 6.99. The van der Waals surface area contributed by atoms with E-state index >= 15 is 0 Å². The number of nitrogens with one attached hydrogen (secondary N) is 2. The van der Waals surface area contributed by atoms with E-state index in [-0.39, 0.29) is 6.04 Å². The molecule has 0 bridgehead atoms. The second-order valence-corrected chi connectivity index (χ2v) is 6.78. The lowest BCUT2D eigenvalue weighted by atomic mass is 9.98. The summed E-state index contributed by atoms with van der Waals surface area (Å²) < 4.78 is 5.15. The van der Waals surface area contributed by atoms with Gasteiger partial charge in [-0.1, -0.05) is 0 Å². The van der Waals surface area contributed by atoms with Gasteiger partial charge >= 0.3 is 0 Å². The number of fused-ring (bicyclic) bond motifs is 1. The number of aromatic nitrogens is 3. The van der Waals surface area contributed by atoms with E-state index in [0.29, 0.717) is 11.8 Å². The summed E-state index contributed by atoms with van der Waals surface area (Å²) in [5.74, 6) is 2.07. The normalized spacial score (nSPS) is 22.3. The second kappa shape index (κ2) is 7.78. The van der Waals surface area contributed by atoms with Crippen molar-refractivity contribution in [3.05, 3.63) is 47.7 Å². The molecule has 0 spiro atoms. The van der Waals surface area contributed by atoms with Crippen LogP contribution in [0.2, 0.25) is 0 Å². The molecule has 2 aromatic rings. The minimum absolute atomic E-state index is 0.00964. The third-order valence-corrected chi connectivity index (χ3v) is 4.98. The maximum absolute atomic E-state index is 5.15. The van der Waals surface area contributed by atoms with Crippen LogP contribution in [-0.2, 0) is 6.42 Å². The van der Waals surface area contributed by atoms with E-state index < -0.39 is 0 Å². The van der Waals surface area contributed by atoms with Crippen molar-refractivity contribution < 1.29 is 4.74 Å². The predicted molar refractivity (Wildman–Crippen MR) is 99.4 cm³/mol. The van der Waals surface area contributed by atoms with Crippen molar-refractivity contribution in [3.8, 4) is 5.88 Å². The molecule has 1 saturated heterocycles. The Bertz CT molecular complexity index is 770. The lowest BCUT2D eigenvalue weighted by Crippen LogP contribution is -2.40. The number of ether oxygens (including phenoxy) is 1. The number of hydrogen-bond acceptors (Lipinski definition) is 7. The highest BCUT2D eigenvalue weighted by atomic mass is 16.5. The van der Waals surface area contributed by atoms with Crippen LogP contribution in [0.3, 0.4) is 0 Å². The SMILES string of the molecule is COc1ccc(C2Cc3nccnc3C(NCC3CCCNC3)=N2)cn1. The molecule has 4 heterocycles. The molecule has 0 aromatic carbocycles. The molecule has 2 N–H and O–H groups in total. The molecule has 1 fully saturated rings. The van der Waals surface area contributed by atoms with E-state index in [1.54, 1.807) is 19.5 Å². The van der Waals surface area contributed by atoms with Crippen LogP contribution < -0.4 is 15.4 Å². The molecule has 2 unspecified atom stereocenters. The number of methoxy groups -OCH3 is 1. The average molecular weight is 352 g/mol. The molecule has 2 aromatic heterocycles. The fourth-order valence-electron chi connectivity index (χ4n) is 3.53. The second-order valence-electron chi connectivity index (χ2n) is 6.78. The topological polar surface area (TPSA) is 84.3 Å². The van der Waals surface area contributed by atoms with Gasteiger partial charge in [0.25, 0.3) is 0 Å². The molecule has 136 valence electrons. The standard InChI is InChI=1S/C19H24N6O/c1-26-17-5-4-14(12-23-17)15-9-16-18(22-8-7-21-16)19(25-15)24-11-13-3-2-6-20-10-13/h4-5,7-8,12-13,15,20H,2-3,6,9-11H2,1H3,(H,24,25). The maximum atomic E-state index is 5.15. The maximum Gasteiger partial charge on any atom is 0.212 e. The third-order valence-electron chi connectivity index (χ3n) is 4.98. The number of pyridine rings is 1. The fourth-order valence-corrected chi connectivity index (χ4v) is 3.53. The Hall–Kier alpha value is -2.54. The molecule has 0 saturated carbocycles. The van der Waals surface area contributed by atoms with Gasteiger partial charge in [-0.05, 0) is 43.5 Å². The van der Waals surface area contributed by atoms with E-state index in [1.807, 2.05) is 18.3 Å². The molecule has 7 heteroatoms. The summed E-state index contributed by atoms with van der Waals surface area (Å²) >= 11 is 0. The van der Waals surface area contributed by atoms with Gasteiger partial charge in [-0.15, -0.1) is 0 Å². The van der Waals surface area contributed by atoms with E-state index in [0.717, 1.165) is 48.8 Å². The highest BCUT2D eigenvalue weighted by Gasteiger charge is 2.25. The van der Waals surface area contributed by atoms with Crippen molar-refractivity contribution in [2.75, 3.05) is 26.7 Å². The molecular weight excluding hydrogens is 328 g/mol. The summed E-state index contributed by atoms with van der Waals surface area (Å²) in [6.45, 7) is 3.08. The van der Waals surface area contributed by atoms with Crippen molar-refractivity contribution in [1.29, 1.82) is 0 Å². The number of nitrogens with zero attached hydrogens (tertiary/aromatic N) is 4. The van der Waals surface area contributed by atoms with E-state index in [4.69, 9.17) is 9.73 Å². The van der Waals surface area contributed by atoms with Crippen molar-refractivity contribution in [2.45, 2.75) is 25.3 Å². The lowest BCUT2D eigenvalue weighted by molar-refractivity contribution is 0.375. The van der Waals surface area contributed by atoms with Crippen LogP contribution in [0, 0.1) is 5.92 Å². The van der Waals surface area contributed by atoms with Gasteiger partial charge in [0.2, 0.25) is 5.88 Å². The zero-order chi connectivity index (χ0) is 17.8. The van der Waals surface area contributed by atoms with E-state index in [1.165, 1.54) is 12.8 Å². The third kappa shape index (κ3) is 3.67. The smallest absolute Gasteiger partial charge is 0.212 e. The zero-order valence-electron chi connectivity index (χ0n) is 15.0. The van der Waals surface area contributed by atoms with E-state index in [2.05, 4.69) is 25.6 Å². The van der Waals surface area contributed by atoms with Gasteiger partial charge in [0.1, 0.15) is 11.5 Å². The summed E-state index contributed by atoms with van der Waals surface area (Å²) in [5.41, 5.74) is 2.90. The summed E-state index contributed by atoms with van der Waals surface area (Å²) in [4.78, 5) is 18.3. The Morgan fingerprint density at radius 2 is 2.15 bits per heavy atom. The number of aliphatic imine (C=N–C) groups is 1. The Morgan fingerprint density at radius 3 is 2.92 bits per heavy atom. The molecule has 0 aliphatic carbocycles. The molecule has 2 aliphatic heterocycles. The highest BCUT2D eigenvalue weighted by Crippen LogP contribution is 2.27. The Labute approximate surface area is 153 Å². The molecule has 2 aliphatic rings. The molecule has 0 radical (unpaired) electrons. The van der Waals surface area contributed by atoms with Crippen molar-refractivity contribution in [3.63, 3.8) is 0 Å². The minimum atomic E-state index is -0.00964. The van der Waals surface area contributed by atoms with Gasteiger partial charge in [0.05, 0.1) is 18.8 Å². The van der Waals surface area contributed by atoms with Crippen LogP contribution in [0.1, 0.15) is 35.8 Å². The number of hydrogen-bond donors (Lipinski definition) is 2. The Balaban J connectivity index is 1.56. The summed E-state index contributed by atoms with van der Waals surface area (Å²) in [6.07, 6.45) is 8.51. The van der Waals surface area contributed by atoms with Crippen LogP contribution in [0.5, 0.6) is 5.88 Å². The van der Waals surface area contributed by atoms with Gasteiger partial charge in [-0.25, -0.2) is 9.97 Å². The molecular formula is C19H24N6O. The molecule has 2 atom stereocenters. The number of rotatable bonds is 4. The van der Waals surface area contributed by atoms with Gasteiger partial charge < -0.3 is 15.4 Å². The first-order valence-corrected chi connectivity index (χ1v) is 9.16. The van der Waals surface area contributed by atoms with Crippen molar-refractivity contribution in [2.24, 2.45) is 10.9 Å². The number of amidine groups is 1. The van der Waals surface area contributed by atoms with Gasteiger partial charge in [0, 0.05) is 37.6 Å². The summed E-state index contributed by atoms with van der Waals surface area (Å²) in [6, 6.07) is 3.88. The number of piperidine rings is 1. The van der Waals surface area contributed by atoms with Gasteiger partial charge in [-0.2, -0.15) is 0 Å². The largest absolute Gasteiger partial charge is 0.481 e. The van der Waals surface area contributed by atoms with E-state index in [9.17, 15) is 0 Å². The quantitative estimate of drug-likeness (QED) is 0.868. The highest BCUT2D eigenvalue weighted by molar-refractivity contribution is 5.98. The predicted octanol–water partition coefficient (Wildman–Crippen LogP) is 1.51.